The van der Waals surface area contributed by atoms with Crippen LogP contribution in [0.25, 0.3) is 27.5 Å². The van der Waals surface area contributed by atoms with Gasteiger partial charge in [-0.1, -0.05) is 24.3 Å². The van der Waals surface area contributed by atoms with E-state index < -0.39 is 17.4 Å². The van der Waals surface area contributed by atoms with Gasteiger partial charge in [-0.25, -0.2) is 9.78 Å². The predicted octanol–water partition coefficient (Wildman–Crippen LogP) is 4.13. The van der Waals surface area contributed by atoms with Crippen molar-refractivity contribution in [2.24, 2.45) is 0 Å². The van der Waals surface area contributed by atoms with Crippen molar-refractivity contribution in [3.8, 4) is 5.69 Å². The molecule has 0 aliphatic heterocycles. The summed E-state index contributed by atoms with van der Waals surface area (Å²) in [7, 11) is 0. The van der Waals surface area contributed by atoms with Gasteiger partial charge < -0.3 is 10.1 Å². The normalized spacial score (nSPS) is 11.0. The molecule has 0 unspecified atom stereocenters. The number of rotatable bonds is 5. The first-order valence-electron chi connectivity index (χ1n) is 10.8. The number of nitrogens with one attached hydrogen (secondary N) is 1. The molecule has 174 valence electrons. The van der Waals surface area contributed by atoms with E-state index >= 15 is 0 Å². The third-order valence-corrected chi connectivity index (χ3v) is 6.17. The number of fused-ring (bicyclic) bond motifs is 2. The second-order valence-electron chi connectivity index (χ2n) is 7.68. The average Bonchev–Trinajstić information content (AvgIpc) is 3.28. The zero-order valence-corrected chi connectivity index (χ0v) is 19.6. The van der Waals surface area contributed by atoms with Crippen molar-refractivity contribution >= 4 is 50.0 Å². The van der Waals surface area contributed by atoms with Gasteiger partial charge in [0, 0.05) is 10.8 Å². The molecule has 0 aliphatic rings. The first-order valence-corrected chi connectivity index (χ1v) is 11.7. The SMILES string of the molecule is CCOC(=O)c1nn(-c2cccc(C)c2)c(=O)c2c(NC(=O)c3cnc4ccccc4n3)scc12. The largest absolute Gasteiger partial charge is 0.461 e. The Morgan fingerprint density at radius 1 is 1.11 bits per heavy atom. The van der Waals surface area contributed by atoms with Gasteiger partial charge in [-0.15, -0.1) is 11.3 Å². The maximum atomic E-state index is 13.5. The van der Waals surface area contributed by atoms with Crippen LogP contribution < -0.4 is 10.9 Å². The Balaban J connectivity index is 1.63. The molecule has 3 aromatic heterocycles. The first kappa shape index (κ1) is 22.4. The van der Waals surface area contributed by atoms with Crippen molar-refractivity contribution in [1.29, 1.82) is 0 Å². The fourth-order valence-corrected chi connectivity index (χ4v) is 4.59. The third kappa shape index (κ3) is 4.15. The van der Waals surface area contributed by atoms with Gasteiger partial charge in [0.25, 0.3) is 11.5 Å². The van der Waals surface area contributed by atoms with Crippen LogP contribution in [0.3, 0.4) is 0 Å². The maximum absolute atomic E-state index is 13.5. The molecule has 0 aliphatic carbocycles. The molecule has 35 heavy (non-hydrogen) atoms. The van der Waals surface area contributed by atoms with Gasteiger partial charge >= 0.3 is 5.97 Å². The number of benzene rings is 2. The number of ether oxygens (including phenoxy) is 1. The summed E-state index contributed by atoms with van der Waals surface area (Å²) in [4.78, 5) is 47.9. The van der Waals surface area contributed by atoms with Crippen molar-refractivity contribution < 1.29 is 14.3 Å². The van der Waals surface area contributed by atoms with Gasteiger partial charge in [-0.3, -0.25) is 14.6 Å². The molecule has 0 spiro atoms. The van der Waals surface area contributed by atoms with E-state index in [1.807, 2.05) is 25.1 Å². The Hall–Kier alpha value is -4.44. The van der Waals surface area contributed by atoms with Crippen LogP contribution >= 0.6 is 11.3 Å². The van der Waals surface area contributed by atoms with Gasteiger partial charge in [0.15, 0.2) is 5.69 Å². The molecule has 0 bridgehead atoms. The van der Waals surface area contributed by atoms with Crippen LogP contribution in [0, 0.1) is 6.92 Å². The molecule has 0 radical (unpaired) electrons. The number of aromatic nitrogens is 4. The number of thiophene rings is 1. The van der Waals surface area contributed by atoms with Crippen LogP contribution in [-0.2, 0) is 4.74 Å². The quantitative estimate of drug-likeness (QED) is 0.372. The summed E-state index contributed by atoms with van der Waals surface area (Å²) >= 11 is 1.12. The van der Waals surface area contributed by atoms with Gasteiger partial charge in [0.2, 0.25) is 0 Å². The van der Waals surface area contributed by atoms with Crippen molar-refractivity contribution in [2.75, 3.05) is 11.9 Å². The van der Waals surface area contributed by atoms with Gasteiger partial charge in [-0.05, 0) is 43.7 Å². The molecule has 1 amide bonds. The molecule has 0 fully saturated rings. The van der Waals surface area contributed by atoms with Crippen LogP contribution in [0.5, 0.6) is 0 Å². The number of carbonyl (C=O) groups is 2. The Kier molecular flexibility index (Phi) is 5.79. The van der Waals surface area contributed by atoms with Crippen LogP contribution in [0.1, 0.15) is 33.5 Å². The summed E-state index contributed by atoms with van der Waals surface area (Å²) in [6.45, 7) is 3.73. The second-order valence-corrected chi connectivity index (χ2v) is 8.56. The summed E-state index contributed by atoms with van der Waals surface area (Å²) in [6.07, 6.45) is 1.38. The summed E-state index contributed by atoms with van der Waals surface area (Å²) in [5.41, 5.74) is 2.27. The highest BCUT2D eigenvalue weighted by Gasteiger charge is 2.23. The van der Waals surface area contributed by atoms with Crippen LogP contribution in [0.4, 0.5) is 5.00 Å². The smallest absolute Gasteiger partial charge is 0.359 e. The highest BCUT2D eigenvalue weighted by atomic mass is 32.1. The number of amides is 1. The number of hydrogen-bond acceptors (Lipinski definition) is 8. The molecule has 5 aromatic rings. The standard InChI is InChI=1S/C25H19N5O4S/c1-3-34-25(33)21-16-13-35-23(20(16)24(32)30(29-21)15-8-6-7-14(2)11-15)28-22(31)19-12-26-17-9-4-5-10-18(17)27-19/h4-13H,3H2,1-2H3,(H,28,31). The third-order valence-electron chi connectivity index (χ3n) is 5.28. The van der Waals surface area contributed by atoms with E-state index in [0.717, 1.165) is 21.6 Å². The summed E-state index contributed by atoms with van der Waals surface area (Å²) in [5, 5.41) is 9.43. The average molecular weight is 486 g/mol. The molecule has 0 saturated carbocycles. The molecule has 10 heteroatoms. The predicted molar refractivity (Wildman–Crippen MR) is 133 cm³/mol. The Morgan fingerprint density at radius 3 is 2.69 bits per heavy atom. The van der Waals surface area contributed by atoms with Crippen LogP contribution in [0.15, 0.2) is 64.9 Å². The lowest BCUT2D eigenvalue weighted by Crippen LogP contribution is -2.25. The molecule has 3 heterocycles. The fourth-order valence-electron chi connectivity index (χ4n) is 3.66. The number of aryl methyl sites for hydroxylation is 1. The lowest BCUT2D eigenvalue weighted by atomic mass is 10.2. The van der Waals surface area contributed by atoms with Crippen LogP contribution in [-0.4, -0.2) is 38.2 Å². The minimum Gasteiger partial charge on any atom is -0.461 e. The Morgan fingerprint density at radius 2 is 1.91 bits per heavy atom. The monoisotopic (exact) mass is 485 g/mol. The van der Waals surface area contributed by atoms with Crippen LogP contribution in [0.2, 0.25) is 0 Å². The maximum Gasteiger partial charge on any atom is 0.359 e. The van der Waals surface area contributed by atoms with Crippen molar-refractivity contribution in [3.05, 3.63) is 87.4 Å². The summed E-state index contributed by atoms with van der Waals surface area (Å²) in [6, 6.07) is 14.4. The van der Waals surface area contributed by atoms with Gasteiger partial charge in [0.05, 0.1) is 34.9 Å². The van der Waals surface area contributed by atoms with E-state index in [9.17, 15) is 14.4 Å². The topological polar surface area (TPSA) is 116 Å². The number of hydrogen-bond donors (Lipinski definition) is 1. The van der Waals surface area contributed by atoms with Crippen molar-refractivity contribution in [1.82, 2.24) is 19.7 Å². The molecule has 0 saturated heterocycles. The number of nitrogens with zero attached hydrogens (tertiary/aromatic N) is 4. The lowest BCUT2D eigenvalue weighted by molar-refractivity contribution is 0.0520. The minimum absolute atomic E-state index is 0.00907. The zero-order valence-electron chi connectivity index (χ0n) is 18.8. The number of anilines is 1. The highest BCUT2D eigenvalue weighted by Crippen LogP contribution is 2.31. The van der Waals surface area contributed by atoms with E-state index in [-0.39, 0.29) is 28.4 Å². The van der Waals surface area contributed by atoms with Gasteiger partial charge in [0.1, 0.15) is 10.7 Å². The Labute approximate surface area is 203 Å². The van der Waals surface area contributed by atoms with E-state index in [0.29, 0.717) is 22.1 Å². The van der Waals surface area contributed by atoms with E-state index in [1.54, 1.807) is 42.6 Å². The molecule has 0 atom stereocenters. The molecule has 2 aromatic carbocycles. The molecular weight excluding hydrogens is 466 g/mol. The molecule has 9 nitrogen and oxygen atoms in total. The first-order chi connectivity index (χ1) is 17.0. The molecule has 5 rings (SSSR count). The van der Waals surface area contributed by atoms with E-state index in [4.69, 9.17) is 4.74 Å². The fraction of sp³-hybridized carbons (Fsp3) is 0.120. The number of esters is 1. The number of para-hydroxylation sites is 2. The van der Waals surface area contributed by atoms with Gasteiger partial charge in [-0.2, -0.15) is 9.78 Å². The summed E-state index contributed by atoms with van der Waals surface area (Å²) in [5.74, 6) is -1.18. The second kappa shape index (κ2) is 9.07. The zero-order chi connectivity index (χ0) is 24.5. The summed E-state index contributed by atoms with van der Waals surface area (Å²) < 4.78 is 6.33. The lowest BCUT2D eigenvalue weighted by Gasteiger charge is -2.10. The molecular formula is C25H19N5O4S. The minimum atomic E-state index is -0.657. The number of carbonyl (C=O) groups excluding carboxylic acids is 2. The molecule has 1 N–H and O–H groups in total. The highest BCUT2D eigenvalue weighted by molar-refractivity contribution is 7.16. The van der Waals surface area contributed by atoms with Crippen molar-refractivity contribution in [3.63, 3.8) is 0 Å². The van der Waals surface area contributed by atoms with E-state index in [2.05, 4.69) is 20.4 Å². The van der Waals surface area contributed by atoms with E-state index in [1.165, 1.54) is 6.20 Å². The van der Waals surface area contributed by atoms with Crippen molar-refractivity contribution in [2.45, 2.75) is 13.8 Å². The Bertz CT molecular complexity index is 1670.